The number of rotatable bonds is 2. The average molecular weight is 462 g/mol. The third-order valence-corrected chi connectivity index (χ3v) is 10.6. The molecule has 2 saturated carbocycles. The Morgan fingerprint density at radius 3 is 2.49 bits per heavy atom. The third kappa shape index (κ3) is 2.98. The largest absolute Gasteiger partial charge is 0.354 e. The SMILES string of the molecule is CC12CCC3C(CC=C4C=C(c5c(-c6ccccc6)[nH]c6ccccc56)CCC43C)C1CCC2=O. The van der Waals surface area contributed by atoms with Gasteiger partial charge in [0.05, 0.1) is 5.69 Å². The maximum atomic E-state index is 12.8. The molecule has 5 unspecified atom stereocenters. The predicted molar refractivity (Wildman–Crippen MR) is 144 cm³/mol. The van der Waals surface area contributed by atoms with Crippen LogP contribution >= 0.6 is 0 Å². The number of carbonyl (C=O) groups is 1. The van der Waals surface area contributed by atoms with Gasteiger partial charge in [-0.3, -0.25) is 4.79 Å². The summed E-state index contributed by atoms with van der Waals surface area (Å²) in [5, 5.41) is 1.33. The summed E-state index contributed by atoms with van der Waals surface area (Å²) in [4.78, 5) is 16.5. The van der Waals surface area contributed by atoms with Crippen molar-refractivity contribution in [2.45, 2.75) is 58.8 Å². The number of nitrogens with one attached hydrogen (secondary N) is 1. The van der Waals surface area contributed by atoms with Crippen molar-refractivity contribution in [2.24, 2.45) is 28.6 Å². The molecule has 0 saturated heterocycles. The van der Waals surface area contributed by atoms with Gasteiger partial charge in [0.15, 0.2) is 0 Å². The number of ketones is 1. The summed E-state index contributed by atoms with van der Waals surface area (Å²) in [6.45, 7) is 4.82. The van der Waals surface area contributed by atoms with Gasteiger partial charge in [-0.25, -0.2) is 0 Å². The first-order valence-corrected chi connectivity index (χ1v) is 13.6. The molecule has 0 amide bonds. The fourth-order valence-corrected chi connectivity index (χ4v) is 8.59. The Hall–Kier alpha value is -2.87. The first-order valence-electron chi connectivity index (χ1n) is 13.6. The quantitative estimate of drug-likeness (QED) is 0.408. The van der Waals surface area contributed by atoms with Gasteiger partial charge in [0.2, 0.25) is 0 Å². The summed E-state index contributed by atoms with van der Waals surface area (Å²) >= 11 is 0. The smallest absolute Gasteiger partial charge is 0.139 e. The van der Waals surface area contributed by atoms with Gasteiger partial charge in [-0.15, -0.1) is 0 Å². The molecule has 5 atom stereocenters. The first-order chi connectivity index (χ1) is 17.0. The van der Waals surface area contributed by atoms with E-state index in [4.69, 9.17) is 0 Å². The zero-order chi connectivity index (χ0) is 23.8. The van der Waals surface area contributed by atoms with E-state index >= 15 is 0 Å². The third-order valence-electron chi connectivity index (χ3n) is 10.6. The maximum absolute atomic E-state index is 12.8. The molecule has 1 N–H and O–H groups in total. The lowest BCUT2D eigenvalue weighted by molar-refractivity contribution is -0.131. The van der Waals surface area contributed by atoms with E-state index in [1.54, 1.807) is 5.57 Å². The highest BCUT2D eigenvalue weighted by Gasteiger charge is 2.58. The maximum Gasteiger partial charge on any atom is 0.139 e. The Labute approximate surface area is 208 Å². The van der Waals surface area contributed by atoms with E-state index in [0.29, 0.717) is 23.5 Å². The highest BCUT2D eigenvalue weighted by Crippen LogP contribution is 2.64. The van der Waals surface area contributed by atoms with Gasteiger partial charge in [0, 0.05) is 28.3 Å². The highest BCUT2D eigenvalue weighted by atomic mass is 16.1. The molecule has 1 aromatic heterocycles. The first kappa shape index (κ1) is 21.4. The van der Waals surface area contributed by atoms with E-state index in [1.165, 1.54) is 46.1 Å². The van der Waals surface area contributed by atoms with Crippen LogP contribution in [0, 0.1) is 28.6 Å². The van der Waals surface area contributed by atoms with Crippen LogP contribution in [0.15, 0.2) is 72.3 Å². The lowest BCUT2D eigenvalue weighted by Crippen LogP contribution is -2.49. The Bertz CT molecular complexity index is 1390. The minimum Gasteiger partial charge on any atom is -0.354 e. The van der Waals surface area contributed by atoms with Crippen LogP contribution in [0.2, 0.25) is 0 Å². The minimum atomic E-state index is -0.0485. The van der Waals surface area contributed by atoms with Crippen molar-refractivity contribution in [1.82, 2.24) is 4.98 Å². The van der Waals surface area contributed by atoms with Crippen molar-refractivity contribution in [2.75, 3.05) is 0 Å². The second-order valence-electron chi connectivity index (χ2n) is 12.1. The molecule has 0 spiro atoms. The minimum absolute atomic E-state index is 0.0485. The molecule has 0 aliphatic heterocycles. The number of allylic oxidation sites excluding steroid dienone is 4. The Kier molecular flexibility index (Phi) is 4.63. The Balaban J connectivity index is 1.32. The normalized spacial score (nSPS) is 34.1. The number of benzene rings is 2. The van der Waals surface area contributed by atoms with Crippen LogP contribution in [0.25, 0.3) is 27.7 Å². The standard InChI is InChI=1S/C33H35NO/c1-32-18-16-22(30-25-10-6-7-11-28(25)34-31(30)21-8-4-3-5-9-21)20-23(32)12-13-24-26-14-15-29(35)33(26,2)19-17-27(24)32/h3-12,20,24,26-27,34H,13-19H2,1-2H3. The number of aromatic nitrogens is 1. The molecule has 2 nitrogen and oxygen atoms in total. The number of fused-ring (bicyclic) bond motifs is 6. The number of H-pyrrole nitrogens is 1. The van der Waals surface area contributed by atoms with Gasteiger partial charge < -0.3 is 4.98 Å². The van der Waals surface area contributed by atoms with Crippen LogP contribution in [0.4, 0.5) is 0 Å². The zero-order valence-electron chi connectivity index (χ0n) is 20.9. The van der Waals surface area contributed by atoms with Crippen LogP contribution in [0.3, 0.4) is 0 Å². The molecular weight excluding hydrogens is 426 g/mol. The van der Waals surface area contributed by atoms with Crippen LogP contribution in [-0.2, 0) is 4.79 Å². The fourth-order valence-electron chi connectivity index (χ4n) is 8.59. The fraction of sp³-hybridized carbons (Fsp3) is 0.424. The van der Waals surface area contributed by atoms with Gasteiger partial charge in [-0.1, -0.05) is 74.5 Å². The molecule has 2 fully saturated rings. The van der Waals surface area contributed by atoms with Crippen molar-refractivity contribution in [3.05, 3.63) is 77.9 Å². The molecule has 0 radical (unpaired) electrons. The Morgan fingerprint density at radius 1 is 0.857 bits per heavy atom. The molecule has 178 valence electrons. The summed E-state index contributed by atoms with van der Waals surface area (Å²) in [5.74, 6) is 2.52. The summed E-state index contributed by atoms with van der Waals surface area (Å²) < 4.78 is 0. The molecule has 2 aromatic carbocycles. The van der Waals surface area contributed by atoms with Gasteiger partial charge in [-0.05, 0) is 84.5 Å². The average Bonchev–Trinajstić information content (AvgIpc) is 3.42. The van der Waals surface area contributed by atoms with Crippen molar-refractivity contribution in [3.63, 3.8) is 0 Å². The molecule has 35 heavy (non-hydrogen) atoms. The van der Waals surface area contributed by atoms with E-state index in [0.717, 1.165) is 32.1 Å². The summed E-state index contributed by atoms with van der Waals surface area (Å²) in [6.07, 6.45) is 12.8. The second kappa shape index (κ2) is 7.56. The number of Topliss-reactive ketones (excluding diaryl/α,β-unsaturated/α-hetero) is 1. The van der Waals surface area contributed by atoms with Crippen molar-refractivity contribution in [1.29, 1.82) is 0 Å². The molecule has 3 aromatic rings. The van der Waals surface area contributed by atoms with Gasteiger partial charge in [-0.2, -0.15) is 0 Å². The number of para-hydroxylation sites is 1. The second-order valence-corrected chi connectivity index (χ2v) is 12.1. The molecular formula is C33H35NO. The highest BCUT2D eigenvalue weighted by molar-refractivity contribution is 6.00. The number of carbonyl (C=O) groups excluding carboxylic acids is 1. The van der Waals surface area contributed by atoms with E-state index in [-0.39, 0.29) is 10.8 Å². The lowest BCUT2D eigenvalue weighted by atomic mass is 9.48. The van der Waals surface area contributed by atoms with E-state index in [1.807, 2.05) is 0 Å². The molecule has 0 bridgehead atoms. The van der Waals surface area contributed by atoms with Crippen molar-refractivity contribution < 1.29 is 4.79 Å². The molecule has 7 rings (SSSR count). The zero-order valence-corrected chi connectivity index (χ0v) is 20.9. The number of hydrogen-bond donors (Lipinski definition) is 1. The number of hydrogen-bond acceptors (Lipinski definition) is 1. The van der Waals surface area contributed by atoms with Gasteiger partial charge >= 0.3 is 0 Å². The van der Waals surface area contributed by atoms with Crippen LogP contribution < -0.4 is 0 Å². The molecule has 2 heteroatoms. The van der Waals surface area contributed by atoms with Crippen molar-refractivity contribution in [3.8, 4) is 11.3 Å². The van der Waals surface area contributed by atoms with Gasteiger partial charge in [0.1, 0.15) is 5.78 Å². The summed E-state index contributed by atoms with van der Waals surface area (Å²) in [5.41, 5.74) is 8.31. The molecule has 1 heterocycles. The van der Waals surface area contributed by atoms with Crippen LogP contribution in [0.5, 0.6) is 0 Å². The molecule has 4 aliphatic rings. The topological polar surface area (TPSA) is 32.9 Å². The van der Waals surface area contributed by atoms with Crippen molar-refractivity contribution >= 4 is 22.3 Å². The van der Waals surface area contributed by atoms with E-state index in [9.17, 15) is 4.79 Å². The number of aromatic amines is 1. The predicted octanol–water partition coefficient (Wildman–Crippen LogP) is 8.36. The Morgan fingerprint density at radius 2 is 1.63 bits per heavy atom. The van der Waals surface area contributed by atoms with E-state index in [2.05, 4.69) is 85.6 Å². The monoisotopic (exact) mass is 461 g/mol. The molecule has 4 aliphatic carbocycles. The van der Waals surface area contributed by atoms with Crippen LogP contribution in [-0.4, -0.2) is 10.8 Å². The summed E-state index contributed by atoms with van der Waals surface area (Å²) in [7, 11) is 0. The van der Waals surface area contributed by atoms with E-state index < -0.39 is 0 Å². The lowest BCUT2D eigenvalue weighted by Gasteiger charge is -2.55. The summed E-state index contributed by atoms with van der Waals surface area (Å²) in [6, 6.07) is 19.5. The van der Waals surface area contributed by atoms with Gasteiger partial charge in [0.25, 0.3) is 0 Å². The van der Waals surface area contributed by atoms with Crippen LogP contribution in [0.1, 0.15) is 64.4 Å².